The van der Waals surface area contributed by atoms with Crippen LogP contribution in [-0.2, 0) is 9.53 Å². The number of pyridine rings is 1. The Morgan fingerprint density at radius 2 is 2.47 bits per heavy atom. The zero-order valence-corrected chi connectivity index (χ0v) is 8.86. The van der Waals surface area contributed by atoms with Gasteiger partial charge in [0.1, 0.15) is 0 Å². The quantitative estimate of drug-likeness (QED) is 0.604. The number of carbonyl (C=O) groups excluding carboxylic acids is 1. The van der Waals surface area contributed by atoms with Gasteiger partial charge in [-0.25, -0.2) is 4.79 Å². The van der Waals surface area contributed by atoms with Gasteiger partial charge < -0.3 is 10.1 Å². The van der Waals surface area contributed by atoms with Gasteiger partial charge in [-0.1, -0.05) is 0 Å². The molecule has 1 N–H and O–H groups in total. The van der Waals surface area contributed by atoms with E-state index in [9.17, 15) is 4.79 Å². The average molecular weight is 206 g/mol. The molecule has 4 heteroatoms. The first-order chi connectivity index (χ1) is 7.22. The van der Waals surface area contributed by atoms with Gasteiger partial charge in [0.15, 0.2) is 0 Å². The second-order valence-electron chi connectivity index (χ2n) is 2.95. The van der Waals surface area contributed by atoms with E-state index in [1.54, 1.807) is 26.2 Å². The molecule has 0 amide bonds. The van der Waals surface area contributed by atoms with Crippen molar-refractivity contribution in [2.75, 3.05) is 11.9 Å². The fraction of sp³-hybridized carbons (Fsp3) is 0.273. The monoisotopic (exact) mass is 206 g/mol. The molecular formula is C11H14N2O2. The van der Waals surface area contributed by atoms with Crippen LogP contribution in [0.4, 0.5) is 5.69 Å². The number of hydrogen-bond acceptors (Lipinski definition) is 4. The van der Waals surface area contributed by atoms with Gasteiger partial charge in [0, 0.05) is 18.0 Å². The van der Waals surface area contributed by atoms with Crippen molar-refractivity contribution in [2.24, 2.45) is 0 Å². The minimum atomic E-state index is -0.341. The van der Waals surface area contributed by atoms with Crippen LogP contribution in [0.15, 0.2) is 36.3 Å². The summed E-state index contributed by atoms with van der Waals surface area (Å²) in [7, 11) is 0. The highest BCUT2D eigenvalue weighted by Gasteiger charge is 1.98. The van der Waals surface area contributed by atoms with Crippen LogP contribution in [0.25, 0.3) is 0 Å². The summed E-state index contributed by atoms with van der Waals surface area (Å²) in [6, 6.07) is 3.69. The maximum atomic E-state index is 11.1. The van der Waals surface area contributed by atoms with Gasteiger partial charge in [-0.05, 0) is 26.0 Å². The lowest BCUT2D eigenvalue weighted by atomic mass is 10.3. The Morgan fingerprint density at radius 3 is 3.07 bits per heavy atom. The number of nitrogens with one attached hydrogen (secondary N) is 1. The highest BCUT2D eigenvalue weighted by Crippen LogP contribution is 2.06. The highest BCUT2D eigenvalue weighted by molar-refractivity contribution is 5.83. The van der Waals surface area contributed by atoms with E-state index in [4.69, 9.17) is 4.74 Å². The zero-order valence-electron chi connectivity index (χ0n) is 8.86. The fourth-order valence-electron chi connectivity index (χ4n) is 1.06. The van der Waals surface area contributed by atoms with Crippen molar-refractivity contribution in [3.05, 3.63) is 36.3 Å². The van der Waals surface area contributed by atoms with E-state index in [2.05, 4.69) is 10.3 Å². The molecule has 1 aromatic heterocycles. The molecule has 1 aromatic rings. The number of nitrogens with zero attached hydrogens (tertiary/aromatic N) is 1. The Hall–Kier alpha value is -1.84. The van der Waals surface area contributed by atoms with E-state index >= 15 is 0 Å². The van der Waals surface area contributed by atoms with Crippen molar-refractivity contribution in [3.8, 4) is 0 Å². The second kappa shape index (κ2) is 5.80. The molecule has 15 heavy (non-hydrogen) atoms. The molecule has 0 aliphatic rings. The van der Waals surface area contributed by atoms with Gasteiger partial charge in [0.2, 0.25) is 0 Å². The summed E-state index contributed by atoms with van der Waals surface area (Å²) >= 11 is 0. The first-order valence-corrected chi connectivity index (χ1v) is 4.74. The Kier molecular flexibility index (Phi) is 4.34. The summed E-state index contributed by atoms with van der Waals surface area (Å²) in [5, 5.41) is 3.03. The molecule has 1 rings (SSSR count). The minimum Gasteiger partial charge on any atom is -0.463 e. The molecule has 0 saturated heterocycles. The predicted molar refractivity (Wildman–Crippen MR) is 58.2 cm³/mol. The Balaban J connectivity index is 2.55. The van der Waals surface area contributed by atoms with Crippen molar-refractivity contribution in [1.29, 1.82) is 0 Å². The average Bonchev–Trinajstić information content (AvgIpc) is 2.19. The van der Waals surface area contributed by atoms with Gasteiger partial charge in [0.05, 0.1) is 18.5 Å². The smallest absolute Gasteiger partial charge is 0.332 e. The predicted octanol–water partition coefficient (Wildman–Crippen LogP) is 1.96. The van der Waals surface area contributed by atoms with E-state index in [0.717, 1.165) is 11.4 Å². The van der Waals surface area contributed by atoms with E-state index in [1.807, 2.05) is 12.1 Å². The van der Waals surface area contributed by atoms with E-state index in [0.29, 0.717) is 6.61 Å². The third-order valence-electron chi connectivity index (χ3n) is 1.62. The second-order valence-corrected chi connectivity index (χ2v) is 2.95. The first kappa shape index (κ1) is 11.2. The minimum absolute atomic E-state index is 0.341. The molecule has 0 atom stereocenters. The van der Waals surface area contributed by atoms with E-state index in [-0.39, 0.29) is 5.97 Å². The molecular weight excluding hydrogens is 192 g/mol. The van der Waals surface area contributed by atoms with Crippen LogP contribution in [0.5, 0.6) is 0 Å². The van der Waals surface area contributed by atoms with Crippen molar-refractivity contribution in [3.63, 3.8) is 0 Å². The number of ether oxygens (including phenoxy) is 1. The SMILES string of the molecule is CCOC(=O)C=C(C)Nc1cccnc1. The van der Waals surface area contributed by atoms with Crippen LogP contribution in [0.3, 0.4) is 0 Å². The number of anilines is 1. The summed E-state index contributed by atoms with van der Waals surface area (Å²) in [5.41, 5.74) is 1.57. The highest BCUT2D eigenvalue weighted by atomic mass is 16.5. The molecule has 0 unspecified atom stereocenters. The van der Waals surface area contributed by atoms with Crippen LogP contribution in [0.2, 0.25) is 0 Å². The normalized spacial score (nSPS) is 10.9. The number of rotatable bonds is 4. The van der Waals surface area contributed by atoms with Gasteiger partial charge in [-0.15, -0.1) is 0 Å². The Morgan fingerprint density at radius 1 is 1.67 bits per heavy atom. The van der Waals surface area contributed by atoms with Crippen LogP contribution >= 0.6 is 0 Å². The molecule has 4 nitrogen and oxygen atoms in total. The third-order valence-corrected chi connectivity index (χ3v) is 1.62. The van der Waals surface area contributed by atoms with Crippen LogP contribution in [-0.4, -0.2) is 17.6 Å². The standard InChI is InChI=1S/C11H14N2O2/c1-3-15-11(14)7-9(2)13-10-5-4-6-12-8-10/h4-8,13H,3H2,1-2H3. The molecule has 0 radical (unpaired) electrons. The Bertz CT molecular complexity index is 347. The third kappa shape index (κ3) is 4.26. The maximum Gasteiger partial charge on any atom is 0.332 e. The summed E-state index contributed by atoms with van der Waals surface area (Å²) in [5.74, 6) is -0.341. The Labute approximate surface area is 89.0 Å². The van der Waals surface area contributed by atoms with Crippen molar-refractivity contribution >= 4 is 11.7 Å². The summed E-state index contributed by atoms with van der Waals surface area (Å²) in [6.45, 7) is 3.95. The fourth-order valence-corrected chi connectivity index (χ4v) is 1.06. The van der Waals surface area contributed by atoms with Crippen molar-refractivity contribution in [1.82, 2.24) is 4.98 Å². The van der Waals surface area contributed by atoms with Crippen LogP contribution in [0, 0.1) is 0 Å². The lowest BCUT2D eigenvalue weighted by Gasteiger charge is -2.05. The molecule has 0 bridgehead atoms. The molecule has 0 aromatic carbocycles. The van der Waals surface area contributed by atoms with E-state index in [1.165, 1.54) is 6.08 Å². The van der Waals surface area contributed by atoms with Gasteiger partial charge >= 0.3 is 5.97 Å². The molecule has 0 aliphatic carbocycles. The molecule has 1 heterocycles. The van der Waals surface area contributed by atoms with Crippen molar-refractivity contribution in [2.45, 2.75) is 13.8 Å². The molecule has 0 spiro atoms. The summed E-state index contributed by atoms with van der Waals surface area (Å²) in [6.07, 6.45) is 4.79. The lowest BCUT2D eigenvalue weighted by molar-refractivity contribution is -0.137. The lowest BCUT2D eigenvalue weighted by Crippen LogP contribution is -2.04. The largest absolute Gasteiger partial charge is 0.463 e. The topological polar surface area (TPSA) is 51.2 Å². The van der Waals surface area contributed by atoms with Gasteiger partial charge in [-0.3, -0.25) is 4.98 Å². The van der Waals surface area contributed by atoms with Gasteiger partial charge in [0.25, 0.3) is 0 Å². The van der Waals surface area contributed by atoms with Crippen LogP contribution in [0.1, 0.15) is 13.8 Å². The maximum absolute atomic E-state index is 11.1. The zero-order chi connectivity index (χ0) is 11.1. The number of aromatic nitrogens is 1. The number of esters is 1. The molecule has 0 aliphatic heterocycles. The van der Waals surface area contributed by atoms with E-state index < -0.39 is 0 Å². The number of allylic oxidation sites excluding steroid dienone is 1. The molecule has 80 valence electrons. The van der Waals surface area contributed by atoms with Gasteiger partial charge in [-0.2, -0.15) is 0 Å². The first-order valence-electron chi connectivity index (χ1n) is 4.74. The van der Waals surface area contributed by atoms with Crippen LogP contribution < -0.4 is 5.32 Å². The molecule has 0 saturated carbocycles. The number of hydrogen-bond donors (Lipinski definition) is 1. The van der Waals surface area contributed by atoms with Crippen molar-refractivity contribution < 1.29 is 9.53 Å². The number of carbonyl (C=O) groups is 1. The summed E-state index contributed by atoms with van der Waals surface area (Å²) < 4.78 is 4.78. The molecule has 0 fully saturated rings. The summed E-state index contributed by atoms with van der Waals surface area (Å²) in [4.78, 5) is 15.0.